The van der Waals surface area contributed by atoms with Crippen LogP contribution in [0.25, 0.3) is 0 Å². The van der Waals surface area contributed by atoms with Crippen molar-refractivity contribution in [3.05, 3.63) is 0 Å². The van der Waals surface area contributed by atoms with Gasteiger partial charge in [-0.05, 0) is 69.6 Å². The molecular formula is C24H41FN2O2. The number of fused-ring (bicyclic) bond motifs is 6. The summed E-state index contributed by atoms with van der Waals surface area (Å²) in [5.41, 5.74) is 0.0165. The summed E-state index contributed by atoms with van der Waals surface area (Å²) in [7, 11) is 0. The Kier molecular flexibility index (Phi) is 6.21. The van der Waals surface area contributed by atoms with E-state index in [2.05, 4.69) is 17.1 Å². The predicted molar refractivity (Wildman–Crippen MR) is 113 cm³/mol. The van der Waals surface area contributed by atoms with Gasteiger partial charge in [0.2, 0.25) is 0 Å². The zero-order valence-electron chi connectivity index (χ0n) is 18.3. The van der Waals surface area contributed by atoms with Crippen molar-refractivity contribution in [1.82, 2.24) is 10.2 Å². The van der Waals surface area contributed by atoms with Crippen LogP contribution < -0.4 is 5.32 Å². The highest BCUT2D eigenvalue weighted by atomic mass is 19.1. The van der Waals surface area contributed by atoms with Crippen LogP contribution in [-0.2, 0) is 9.47 Å². The summed E-state index contributed by atoms with van der Waals surface area (Å²) >= 11 is 0. The lowest BCUT2D eigenvalue weighted by atomic mass is 9.66. The van der Waals surface area contributed by atoms with Crippen LogP contribution in [-0.4, -0.2) is 67.7 Å². The first-order valence-electron chi connectivity index (χ1n) is 12.5. The van der Waals surface area contributed by atoms with Crippen LogP contribution in [0.2, 0.25) is 0 Å². The van der Waals surface area contributed by atoms with E-state index in [-0.39, 0.29) is 17.4 Å². The maximum atomic E-state index is 16.0. The lowest BCUT2D eigenvalue weighted by Gasteiger charge is -2.47. The molecule has 3 saturated heterocycles. The molecule has 0 aromatic heterocycles. The van der Waals surface area contributed by atoms with Crippen LogP contribution in [0.15, 0.2) is 0 Å². The maximum absolute atomic E-state index is 16.0. The number of morpholine rings is 1. The fraction of sp³-hybridized carbons (Fsp3) is 1.00. The van der Waals surface area contributed by atoms with E-state index >= 15 is 4.39 Å². The number of alkyl halides is 1. The molecule has 0 amide bonds. The van der Waals surface area contributed by atoms with Gasteiger partial charge in [0, 0.05) is 31.8 Å². The highest BCUT2D eigenvalue weighted by Crippen LogP contribution is 2.47. The zero-order valence-corrected chi connectivity index (χ0v) is 18.3. The normalized spacial score (nSPS) is 49.7. The molecule has 3 heterocycles. The molecule has 5 rings (SSSR count). The van der Waals surface area contributed by atoms with Gasteiger partial charge in [-0.15, -0.1) is 0 Å². The first-order chi connectivity index (χ1) is 14.2. The quantitative estimate of drug-likeness (QED) is 0.658. The van der Waals surface area contributed by atoms with E-state index in [9.17, 15) is 0 Å². The van der Waals surface area contributed by atoms with Crippen molar-refractivity contribution < 1.29 is 13.9 Å². The van der Waals surface area contributed by atoms with Crippen molar-refractivity contribution in [3.63, 3.8) is 0 Å². The Labute approximate surface area is 176 Å². The van der Waals surface area contributed by atoms with Gasteiger partial charge >= 0.3 is 0 Å². The molecule has 5 heteroatoms. The molecule has 2 saturated carbocycles. The third-order valence-corrected chi connectivity index (χ3v) is 9.04. The Bertz CT molecular complexity index is 555. The lowest BCUT2D eigenvalue weighted by molar-refractivity contribution is -0.0752. The minimum atomic E-state index is -0.656. The van der Waals surface area contributed by atoms with Gasteiger partial charge < -0.3 is 14.8 Å². The van der Waals surface area contributed by atoms with E-state index in [4.69, 9.17) is 9.47 Å². The Morgan fingerprint density at radius 1 is 1.00 bits per heavy atom. The summed E-state index contributed by atoms with van der Waals surface area (Å²) in [5, 5.41) is 3.85. The first kappa shape index (κ1) is 20.7. The van der Waals surface area contributed by atoms with Crippen molar-refractivity contribution in [3.8, 4) is 0 Å². The van der Waals surface area contributed by atoms with Crippen LogP contribution in [0.1, 0.15) is 71.1 Å². The van der Waals surface area contributed by atoms with Gasteiger partial charge in [0.25, 0.3) is 0 Å². The molecule has 0 aromatic carbocycles. The van der Waals surface area contributed by atoms with Crippen molar-refractivity contribution in [2.75, 3.05) is 32.9 Å². The van der Waals surface area contributed by atoms with Crippen LogP contribution >= 0.6 is 0 Å². The summed E-state index contributed by atoms with van der Waals surface area (Å²) in [6, 6.07) is 0.915. The summed E-state index contributed by atoms with van der Waals surface area (Å²) in [4.78, 5) is 2.68. The summed E-state index contributed by atoms with van der Waals surface area (Å²) in [6.07, 6.45) is 11.0. The van der Waals surface area contributed by atoms with Crippen LogP contribution in [0.3, 0.4) is 0 Å². The SMILES string of the molecule is C[C@@H]1CC2(COCCN2)C2CC3CCCC(C3F)C3CCCCC3OCCCN21. The minimum Gasteiger partial charge on any atom is -0.378 e. The number of nitrogens with zero attached hydrogens (tertiary/aromatic N) is 1. The topological polar surface area (TPSA) is 33.7 Å². The first-order valence-corrected chi connectivity index (χ1v) is 12.5. The van der Waals surface area contributed by atoms with Gasteiger partial charge in [-0.3, -0.25) is 4.90 Å². The molecule has 5 fully saturated rings. The lowest BCUT2D eigenvalue weighted by Crippen LogP contribution is -2.62. The highest BCUT2D eigenvalue weighted by molar-refractivity contribution is 5.11. The molecule has 7 unspecified atom stereocenters. The molecule has 0 aromatic rings. The van der Waals surface area contributed by atoms with Crippen LogP contribution in [0.4, 0.5) is 4.39 Å². The van der Waals surface area contributed by atoms with E-state index in [1.54, 1.807) is 0 Å². The molecule has 166 valence electrons. The van der Waals surface area contributed by atoms with E-state index < -0.39 is 6.17 Å². The molecule has 2 bridgehead atoms. The Balaban J connectivity index is 1.42. The number of rotatable bonds is 0. The number of hydrogen-bond donors (Lipinski definition) is 1. The monoisotopic (exact) mass is 408 g/mol. The van der Waals surface area contributed by atoms with Gasteiger partial charge in [0.15, 0.2) is 0 Å². The minimum absolute atomic E-state index is 0.0165. The molecule has 3 aliphatic heterocycles. The van der Waals surface area contributed by atoms with Crippen molar-refractivity contribution >= 4 is 0 Å². The summed E-state index contributed by atoms with van der Waals surface area (Å²) < 4.78 is 28.5. The number of ether oxygens (including phenoxy) is 2. The molecule has 0 radical (unpaired) electrons. The standard InChI is InChI=1S/C24H41FN2O2/c1-17-15-24(16-28-13-10-26-24)22-14-18-6-4-8-20(23(18)25)19-7-2-3-9-21(19)29-12-5-11-27(17)22/h17-23,26H,2-16H2,1H3/t17-,18?,19?,20?,21?,22?,23?,24?/m1/s1. The van der Waals surface area contributed by atoms with Gasteiger partial charge in [-0.25, -0.2) is 4.39 Å². The maximum Gasteiger partial charge on any atom is 0.106 e. The molecule has 2 aliphatic carbocycles. The second-order valence-corrected chi connectivity index (χ2v) is 10.7. The van der Waals surface area contributed by atoms with Crippen molar-refractivity contribution in [2.45, 2.75) is 101 Å². The second-order valence-electron chi connectivity index (χ2n) is 10.7. The Morgan fingerprint density at radius 2 is 1.86 bits per heavy atom. The zero-order chi connectivity index (χ0) is 19.8. The molecule has 1 spiro atoms. The second kappa shape index (κ2) is 8.72. The molecular weight excluding hydrogens is 367 g/mol. The van der Waals surface area contributed by atoms with E-state index in [0.717, 1.165) is 71.4 Å². The fourth-order valence-corrected chi connectivity index (χ4v) is 7.74. The molecule has 29 heavy (non-hydrogen) atoms. The smallest absolute Gasteiger partial charge is 0.106 e. The van der Waals surface area contributed by atoms with Gasteiger partial charge in [0.05, 0.1) is 24.9 Å². The number of nitrogens with one attached hydrogen (secondary N) is 1. The van der Waals surface area contributed by atoms with Crippen molar-refractivity contribution in [1.29, 1.82) is 0 Å². The highest BCUT2D eigenvalue weighted by Gasteiger charge is 2.53. The predicted octanol–water partition coefficient (Wildman–Crippen LogP) is 3.93. The summed E-state index contributed by atoms with van der Waals surface area (Å²) in [5.74, 6) is 0.871. The molecule has 4 nitrogen and oxygen atoms in total. The average molecular weight is 409 g/mol. The average Bonchev–Trinajstić information content (AvgIpc) is 2.97. The van der Waals surface area contributed by atoms with E-state index in [1.807, 2.05) is 0 Å². The van der Waals surface area contributed by atoms with E-state index in [1.165, 1.54) is 25.7 Å². The van der Waals surface area contributed by atoms with Crippen molar-refractivity contribution in [2.24, 2.45) is 17.8 Å². The number of hydrogen-bond acceptors (Lipinski definition) is 4. The van der Waals surface area contributed by atoms with Crippen LogP contribution in [0, 0.1) is 17.8 Å². The Hall–Kier alpha value is -0.230. The molecule has 5 aliphatic rings. The van der Waals surface area contributed by atoms with E-state index in [0.29, 0.717) is 24.1 Å². The van der Waals surface area contributed by atoms with Gasteiger partial charge in [0.1, 0.15) is 6.17 Å². The summed E-state index contributed by atoms with van der Waals surface area (Å²) in [6.45, 7) is 6.78. The molecule has 1 N–H and O–H groups in total. The molecule has 8 atom stereocenters. The third kappa shape index (κ3) is 3.90. The largest absolute Gasteiger partial charge is 0.378 e. The third-order valence-electron chi connectivity index (χ3n) is 9.04. The van der Waals surface area contributed by atoms with Gasteiger partial charge in [-0.2, -0.15) is 0 Å². The number of halogens is 1. The van der Waals surface area contributed by atoms with Gasteiger partial charge in [-0.1, -0.05) is 19.3 Å². The Morgan fingerprint density at radius 3 is 2.72 bits per heavy atom. The van der Waals surface area contributed by atoms with Crippen LogP contribution in [0.5, 0.6) is 0 Å². The fourth-order valence-electron chi connectivity index (χ4n) is 7.74.